The molecule has 0 bridgehead atoms. The van der Waals surface area contributed by atoms with Crippen LogP contribution in [0.25, 0.3) is 0 Å². The first-order chi connectivity index (χ1) is 6.94. The van der Waals surface area contributed by atoms with Crippen LogP contribution in [0.5, 0.6) is 0 Å². The largest absolute Gasteiger partial charge is 0.310 e. The van der Waals surface area contributed by atoms with Crippen molar-refractivity contribution < 1.29 is 0 Å². The third kappa shape index (κ3) is 4.13. The van der Waals surface area contributed by atoms with Crippen LogP contribution in [-0.4, -0.2) is 22.5 Å². The van der Waals surface area contributed by atoms with Crippen LogP contribution in [0.1, 0.15) is 29.4 Å². The molecule has 2 nitrogen and oxygen atoms in total. The summed E-state index contributed by atoms with van der Waals surface area (Å²) in [4.78, 5) is 5.78. The number of nitrogens with one attached hydrogen (secondary N) is 1. The number of thioether (sulfide) groups is 1. The molecule has 0 aromatic carbocycles. The van der Waals surface area contributed by atoms with Gasteiger partial charge in [0.1, 0.15) is 0 Å². The predicted octanol–water partition coefficient (Wildman–Crippen LogP) is 2.99. The van der Waals surface area contributed by atoms with E-state index in [1.807, 2.05) is 11.8 Å². The second-order valence-corrected chi connectivity index (χ2v) is 7.11. The first-order valence-corrected chi connectivity index (χ1v) is 7.17. The van der Waals surface area contributed by atoms with E-state index < -0.39 is 0 Å². The summed E-state index contributed by atoms with van der Waals surface area (Å²) < 4.78 is 0.313. The molecule has 0 radical (unpaired) electrons. The van der Waals surface area contributed by atoms with E-state index in [1.54, 1.807) is 11.3 Å². The molecule has 0 unspecified atom stereocenters. The number of hydrogen-bond acceptors (Lipinski definition) is 4. The van der Waals surface area contributed by atoms with E-state index in [9.17, 15) is 0 Å². The van der Waals surface area contributed by atoms with Gasteiger partial charge in [-0.05, 0) is 34.0 Å². The molecule has 1 aromatic heterocycles. The number of hydrogen-bond donors (Lipinski definition) is 1. The molecular weight excluding hydrogens is 224 g/mol. The number of thiazole rings is 1. The Bertz CT molecular complexity index is 318. The lowest BCUT2D eigenvalue weighted by Crippen LogP contribution is -2.31. The van der Waals surface area contributed by atoms with Crippen molar-refractivity contribution in [2.45, 2.75) is 39.0 Å². The zero-order chi connectivity index (χ0) is 11.5. The predicted molar refractivity (Wildman–Crippen MR) is 70.9 cm³/mol. The lowest BCUT2D eigenvalue weighted by atomic mass is 10.2. The first-order valence-electron chi connectivity index (χ1n) is 5.13. The van der Waals surface area contributed by atoms with Gasteiger partial charge in [0.2, 0.25) is 0 Å². The summed E-state index contributed by atoms with van der Waals surface area (Å²) in [7, 11) is 0. The van der Waals surface area contributed by atoms with Crippen LogP contribution in [0.4, 0.5) is 0 Å². The third-order valence-corrected chi connectivity index (χ3v) is 4.71. The van der Waals surface area contributed by atoms with Gasteiger partial charge in [-0.25, -0.2) is 4.98 Å². The monoisotopic (exact) mass is 244 g/mol. The SMILES string of the molecule is CSC(C)(C)CNCc1sc(C)nc1C. The molecule has 0 aliphatic rings. The highest BCUT2D eigenvalue weighted by Crippen LogP contribution is 2.21. The van der Waals surface area contributed by atoms with Crippen LogP contribution < -0.4 is 5.32 Å². The molecule has 0 aliphatic carbocycles. The molecule has 0 spiro atoms. The van der Waals surface area contributed by atoms with E-state index in [0.717, 1.165) is 18.1 Å². The zero-order valence-corrected chi connectivity index (χ0v) is 11.8. The highest BCUT2D eigenvalue weighted by molar-refractivity contribution is 7.99. The minimum atomic E-state index is 0.313. The van der Waals surface area contributed by atoms with Crippen molar-refractivity contribution in [1.82, 2.24) is 10.3 Å². The number of aryl methyl sites for hydroxylation is 2. The van der Waals surface area contributed by atoms with Crippen LogP contribution in [0, 0.1) is 13.8 Å². The molecule has 0 fully saturated rings. The molecule has 15 heavy (non-hydrogen) atoms. The summed E-state index contributed by atoms with van der Waals surface area (Å²) in [5.74, 6) is 0. The minimum absolute atomic E-state index is 0.313. The normalized spacial score (nSPS) is 12.1. The molecule has 0 atom stereocenters. The van der Waals surface area contributed by atoms with Gasteiger partial charge in [0.05, 0.1) is 10.7 Å². The van der Waals surface area contributed by atoms with Crippen LogP contribution in [0.2, 0.25) is 0 Å². The fourth-order valence-corrected chi connectivity index (χ4v) is 2.44. The quantitative estimate of drug-likeness (QED) is 0.862. The maximum atomic E-state index is 4.42. The molecule has 1 aromatic rings. The topological polar surface area (TPSA) is 24.9 Å². The van der Waals surface area contributed by atoms with Gasteiger partial charge >= 0.3 is 0 Å². The van der Waals surface area contributed by atoms with Gasteiger partial charge in [-0.1, -0.05) is 0 Å². The van der Waals surface area contributed by atoms with Gasteiger partial charge in [-0.15, -0.1) is 11.3 Å². The summed E-state index contributed by atoms with van der Waals surface area (Å²) in [5, 5.41) is 4.66. The Kier molecular flexibility index (Phi) is 4.62. The van der Waals surface area contributed by atoms with Crippen molar-refractivity contribution in [3.8, 4) is 0 Å². The Morgan fingerprint density at radius 3 is 2.53 bits per heavy atom. The maximum absolute atomic E-state index is 4.42. The molecule has 1 heterocycles. The maximum Gasteiger partial charge on any atom is 0.0900 e. The highest BCUT2D eigenvalue weighted by Gasteiger charge is 2.15. The summed E-state index contributed by atoms with van der Waals surface area (Å²) in [6, 6.07) is 0. The van der Waals surface area contributed by atoms with Gasteiger partial charge in [0.25, 0.3) is 0 Å². The Labute approximate surface area is 101 Å². The van der Waals surface area contributed by atoms with Crippen molar-refractivity contribution in [1.29, 1.82) is 0 Å². The zero-order valence-electron chi connectivity index (χ0n) is 10.2. The molecular formula is C11H20N2S2. The van der Waals surface area contributed by atoms with Gasteiger partial charge in [0.15, 0.2) is 0 Å². The second-order valence-electron chi connectivity index (χ2n) is 4.31. The van der Waals surface area contributed by atoms with E-state index >= 15 is 0 Å². The number of rotatable bonds is 5. The van der Waals surface area contributed by atoms with Crippen molar-refractivity contribution in [3.05, 3.63) is 15.6 Å². The van der Waals surface area contributed by atoms with Crippen molar-refractivity contribution >= 4 is 23.1 Å². The van der Waals surface area contributed by atoms with Gasteiger partial charge in [-0.2, -0.15) is 11.8 Å². The summed E-state index contributed by atoms with van der Waals surface area (Å²) in [6.45, 7) is 10.6. The van der Waals surface area contributed by atoms with Gasteiger partial charge in [0, 0.05) is 22.7 Å². The van der Waals surface area contributed by atoms with Crippen molar-refractivity contribution in [3.63, 3.8) is 0 Å². The molecule has 86 valence electrons. The molecule has 0 amide bonds. The van der Waals surface area contributed by atoms with Crippen molar-refractivity contribution in [2.24, 2.45) is 0 Å². The van der Waals surface area contributed by atoms with E-state index in [1.165, 1.54) is 10.6 Å². The molecule has 0 saturated heterocycles. The van der Waals surface area contributed by atoms with E-state index in [-0.39, 0.29) is 0 Å². The first kappa shape index (κ1) is 13.0. The highest BCUT2D eigenvalue weighted by atomic mass is 32.2. The molecule has 1 rings (SSSR count). The molecule has 0 saturated carbocycles. The Balaban J connectivity index is 2.41. The van der Waals surface area contributed by atoms with E-state index in [4.69, 9.17) is 0 Å². The lowest BCUT2D eigenvalue weighted by Gasteiger charge is -2.22. The summed E-state index contributed by atoms with van der Waals surface area (Å²) >= 11 is 3.69. The van der Waals surface area contributed by atoms with Crippen molar-refractivity contribution in [2.75, 3.05) is 12.8 Å². The fourth-order valence-electron chi connectivity index (χ4n) is 1.29. The molecule has 0 aliphatic heterocycles. The van der Waals surface area contributed by atoms with Crippen LogP contribution >= 0.6 is 23.1 Å². The third-order valence-electron chi connectivity index (χ3n) is 2.39. The average molecular weight is 244 g/mol. The molecule has 1 N–H and O–H groups in total. The smallest absolute Gasteiger partial charge is 0.0900 e. The van der Waals surface area contributed by atoms with E-state index in [2.05, 4.69) is 44.3 Å². The summed E-state index contributed by atoms with van der Waals surface area (Å²) in [6.07, 6.45) is 2.16. The standard InChI is InChI=1S/C11H20N2S2/c1-8-10(15-9(2)13-8)6-12-7-11(3,4)14-5/h12H,6-7H2,1-5H3. The minimum Gasteiger partial charge on any atom is -0.310 e. The van der Waals surface area contributed by atoms with Gasteiger partial charge < -0.3 is 5.32 Å². The Morgan fingerprint density at radius 2 is 2.07 bits per heavy atom. The molecule has 4 heteroatoms. The van der Waals surface area contributed by atoms with Crippen LogP contribution in [-0.2, 0) is 6.54 Å². The van der Waals surface area contributed by atoms with E-state index in [0.29, 0.717) is 4.75 Å². The average Bonchev–Trinajstić information content (AvgIpc) is 2.45. The van der Waals surface area contributed by atoms with Crippen LogP contribution in [0.3, 0.4) is 0 Å². The van der Waals surface area contributed by atoms with Crippen LogP contribution in [0.15, 0.2) is 0 Å². The Hall–Kier alpha value is -0.0600. The lowest BCUT2D eigenvalue weighted by molar-refractivity contribution is 0.593. The second kappa shape index (κ2) is 5.32. The number of aromatic nitrogens is 1. The summed E-state index contributed by atoms with van der Waals surface area (Å²) in [5.41, 5.74) is 1.17. The fraction of sp³-hybridized carbons (Fsp3) is 0.727. The number of nitrogens with zero attached hydrogens (tertiary/aromatic N) is 1. The van der Waals surface area contributed by atoms with Gasteiger partial charge in [-0.3, -0.25) is 0 Å². The Morgan fingerprint density at radius 1 is 1.40 bits per heavy atom.